The highest BCUT2D eigenvalue weighted by Crippen LogP contribution is 2.16. The van der Waals surface area contributed by atoms with Crippen LogP contribution in [0.3, 0.4) is 0 Å². The second kappa shape index (κ2) is 3.73. The third-order valence-electron chi connectivity index (χ3n) is 1.80. The number of aromatic nitrogens is 4. The van der Waals surface area contributed by atoms with Gasteiger partial charge in [0, 0.05) is 12.7 Å². The summed E-state index contributed by atoms with van der Waals surface area (Å²) in [6.07, 6.45) is 3.22. The van der Waals surface area contributed by atoms with Crippen molar-refractivity contribution in [2.24, 2.45) is 5.73 Å². The van der Waals surface area contributed by atoms with Crippen LogP contribution in [0.25, 0.3) is 5.69 Å². The molecule has 0 saturated carbocycles. The molecular weight excluding hydrogens is 202 g/mol. The molecule has 0 spiro atoms. The van der Waals surface area contributed by atoms with Gasteiger partial charge in [0.25, 0.3) is 0 Å². The maximum absolute atomic E-state index is 5.90. The van der Waals surface area contributed by atoms with E-state index in [4.69, 9.17) is 17.3 Å². The molecule has 2 rings (SSSR count). The van der Waals surface area contributed by atoms with Gasteiger partial charge in [-0.1, -0.05) is 16.8 Å². The first-order valence-electron chi connectivity index (χ1n) is 4.03. The Labute approximate surface area is 85.5 Å². The largest absolute Gasteiger partial charge is 0.325 e. The van der Waals surface area contributed by atoms with Gasteiger partial charge in [-0.15, -0.1) is 5.10 Å². The van der Waals surface area contributed by atoms with E-state index < -0.39 is 0 Å². The van der Waals surface area contributed by atoms with Gasteiger partial charge in [0.05, 0.1) is 11.9 Å². The Hall–Kier alpha value is -1.46. The first-order valence-corrected chi connectivity index (χ1v) is 4.41. The predicted octanol–water partition coefficient (Wildman–Crippen LogP) is 0.774. The molecule has 0 atom stereocenters. The average molecular weight is 210 g/mol. The van der Waals surface area contributed by atoms with Crippen molar-refractivity contribution in [1.82, 2.24) is 20.0 Å². The van der Waals surface area contributed by atoms with Crippen LogP contribution >= 0.6 is 11.6 Å². The molecule has 5 nitrogen and oxygen atoms in total. The molecule has 2 aromatic rings. The van der Waals surface area contributed by atoms with Crippen LogP contribution in [0.2, 0.25) is 5.15 Å². The molecule has 6 heteroatoms. The van der Waals surface area contributed by atoms with Crippen molar-refractivity contribution in [2.45, 2.75) is 6.54 Å². The Kier molecular flexibility index (Phi) is 2.43. The maximum Gasteiger partial charge on any atom is 0.154 e. The van der Waals surface area contributed by atoms with E-state index in [0.29, 0.717) is 17.4 Å². The molecule has 0 aliphatic heterocycles. The minimum Gasteiger partial charge on any atom is -0.325 e. The topological polar surface area (TPSA) is 69.6 Å². The normalized spacial score (nSPS) is 10.4. The molecule has 0 bridgehead atoms. The van der Waals surface area contributed by atoms with Gasteiger partial charge in [-0.3, -0.25) is 0 Å². The first kappa shape index (κ1) is 9.11. The molecule has 0 aliphatic rings. The van der Waals surface area contributed by atoms with E-state index in [0.717, 1.165) is 5.69 Å². The van der Waals surface area contributed by atoms with Gasteiger partial charge < -0.3 is 5.73 Å². The second-order valence-corrected chi connectivity index (χ2v) is 3.01. The standard InChI is InChI=1S/C8H8ClN5/c9-8-7(2-1-3-11-8)14-6(4-10)5-12-13-14/h1-3,5H,4,10H2. The van der Waals surface area contributed by atoms with Crippen molar-refractivity contribution in [3.8, 4) is 5.69 Å². The Morgan fingerprint density at radius 1 is 1.50 bits per heavy atom. The van der Waals surface area contributed by atoms with Crippen LogP contribution in [0.5, 0.6) is 0 Å². The van der Waals surface area contributed by atoms with Crippen LogP contribution in [-0.2, 0) is 6.54 Å². The smallest absolute Gasteiger partial charge is 0.154 e. The number of nitrogens with zero attached hydrogens (tertiary/aromatic N) is 4. The fraction of sp³-hybridized carbons (Fsp3) is 0.125. The molecular formula is C8H8ClN5. The maximum atomic E-state index is 5.90. The molecule has 0 aromatic carbocycles. The van der Waals surface area contributed by atoms with Crippen LogP contribution in [0.1, 0.15) is 5.69 Å². The zero-order valence-electron chi connectivity index (χ0n) is 7.26. The van der Waals surface area contributed by atoms with Crippen molar-refractivity contribution >= 4 is 11.6 Å². The fourth-order valence-electron chi connectivity index (χ4n) is 1.13. The Balaban J connectivity index is 2.54. The lowest BCUT2D eigenvalue weighted by Crippen LogP contribution is -2.07. The first-order chi connectivity index (χ1) is 6.83. The number of rotatable bonds is 2. The Morgan fingerprint density at radius 2 is 2.36 bits per heavy atom. The highest BCUT2D eigenvalue weighted by Gasteiger charge is 2.07. The molecule has 14 heavy (non-hydrogen) atoms. The van der Waals surface area contributed by atoms with E-state index in [9.17, 15) is 0 Å². The summed E-state index contributed by atoms with van der Waals surface area (Å²) >= 11 is 5.90. The fourth-order valence-corrected chi connectivity index (χ4v) is 1.33. The molecule has 0 fully saturated rings. The van der Waals surface area contributed by atoms with E-state index in [2.05, 4.69) is 15.3 Å². The minimum atomic E-state index is 0.359. The van der Waals surface area contributed by atoms with Gasteiger partial charge in [-0.2, -0.15) is 0 Å². The van der Waals surface area contributed by atoms with Crippen LogP contribution < -0.4 is 5.73 Å². The van der Waals surface area contributed by atoms with Crippen LogP contribution in [0.15, 0.2) is 24.5 Å². The number of hydrogen-bond donors (Lipinski definition) is 1. The molecule has 2 aromatic heterocycles. The molecule has 0 aliphatic carbocycles. The van der Waals surface area contributed by atoms with E-state index in [1.54, 1.807) is 23.1 Å². The van der Waals surface area contributed by atoms with Crippen molar-refractivity contribution in [3.63, 3.8) is 0 Å². The van der Waals surface area contributed by atoms with Crippen molar-refractivity contribution in [3.05, 3.63) is 35.4 Å². The lowest BCUT2D eigenvalue weighted by Gasteiger charge is -2.04. The Morgan fingerprint density at radius 3 is 3.07 bits per heavy atom. The van der Waals surface area contributed by atoms with E-state index >= 15 is 0 Å². The highest BCUT2D eigenvalue weighted by molar-refractivity contribution is 6.31. The van der Waals surface area contributed by atoms with Gasteiger partial charge in [0.1, 0.15) is 5.69 Å². The Bertz CT molecular complexity index is 439. The van der Waals surface area contributed by atoms with Gasteiger partial charge in [-0.05, 0) is 12.1 Å². The van der Waals surface area contributed by atoms with Gasteiger partial charge in [-0.25, -0.2) is 9.67 Å². The number of pyridine rings is 1. The quantitative estimate of drug-likeness (QED) is 0.742. The zero-order valence-corrected chi connectivity index (χ0v) is 8.02. The van der Waals surface area contributed by atoms with Crippen LogP contribution in [0, 0.1) is 0 Å². The second-order valence-electron chi connectivity index (χ2n) is 2.65. The van der Waals surface area contributed by atoms with Crippen molar-refractivity contribution in [1.29, 1.82) is 0 Å². The lowest BCUT2D eigenvalue weighted by molar-refractivity contribution is 0.759. The van der Waals surface area contributed by atoms with Crippen LogP contribution in [0.4, 0.5) is 0 Å². The SMILES string of the molecule is NCc1cnnn1-c1cccnc1Cl. The summed E-state index contributed by atoms with van der Waals surface area (Å²) in [5.74, 6) is 0. The molecule has 0 saturated heterocycles. The van der Waals surface area contributed by atoms with Crippen molar-refractivity contribution in [2.75, 3.05) is 0 Å². The van der Waals surface area contributed by atoms with Gasteiger partial charge in [0.15, 0.2) is 5.15 Å². The predicted molar refractivity (Wildman–Crippen MR) is 52.1 cm³/mol. The molecule has 72 valence electrons. The van der Waals surface area contributed by atoms with Gasteiger partial charge >= 0.3 is 0 Å². The molecule has 0 radical (unpaired) electrons. The van der Waals surface area contributed by atoms with E-state index in [1.165, 1.54) is 0 Å². The summed E-state index contributed by atoms with van der Waals surface area (Å²) in [6, 6.07) is 3.59. The van der Waals surface area contributed by atoms with E-state index in [1.807, 2.05) is 6.07 Å². The third-order valence-corrected chi connectivity index (χ3v) is 2.09. The summed E-state index contributed by atoms with van der Waals surface area (Å²) in [6.45, 7) is 0.359. The van der Waals surface area contributed by atoms with E-state index in [-0.39, 0.29) is 0 Å². The summed E-state index contributed by atoms with van der Waals surface area (Å²) in [5.41, 5.74) is 7.00. The molecule has 0 unspecified atom stereocenters. The monoisotopic (exact) mass is 209 g/mol. The molecule has 2 heterocycles. The minimum absolute atomic E-state index is 0.359. The third kappa shape index (κ3) is 1.47. The summed E-state index contributed by atoms with van der Waals surface area (Å²) < 4.78 is 1.58. The lowest BCUT2D eigenvalue weighted by atomic mass is 10.4. The summed E-state index contributed by atoms with van der Waals surface area (Å²) in [4.78, 5) is 3.95. The number of hydrogen-bond acceptors (Lipinski definition) is 4. The zero-order chi connectivity index (χ0) is 9.97. The summed E-state index contributed by atoms with van der Waals surface area (Å²) in [5, 5.41) is 8.02. The summed E-state index contributed by atoms with van der Waals surface area (Å²) in [7, 11) is 0. The number of halogens is 1. The molecule has 2 N–H and O–H groups in total. The average Bonchev–Trinajstić information content (AvgIpc) is 2.66. The van der Waals surface area contributed by atoms with Crippen molar-refractivity contribution < 1.29 is 0 Å². The number of nitrogens with two attached hydrogens (primary N) is 1. The molecule has 0 amide bonds. The highest BCUT2D eigenvalue weighted by atomic mass is 35.5. The van der Waals surface area contributed by atoms with Crippen LogP contribution in [-0.4, -0.2) is 20.0 Å². The van der Waals surface area contributed by atoms with Gasteiger partial charge in [0.2, 0.25) is 0 Å².